The van der Waals surface area contributed by atoms with Gasteiger partial charge in [0.05, 0.1) is 11.3 Å². The summed E-state index contributed by atoms with van der Waals surface area (Å²) in [6, 6.07) is 2.55. The number of nitrogens with zero attached hydrogens (tertiary/aromatic N) is 5. The Bertz CT molecular complexity index is 1280. The first-order valence-electron chi connectivity index (χ1n) is 9.62. The molecule has 12 heteroatoms. The van der Waals surface area contributed by atoms with Crippen LogP contribution in [0.1, 0.15) is 28.9 Å². The first-order valence-corrected chi connectivity index (χ1v) is 10.9. The summed E-state index contributed by atoms with van der Waals surface area (Å²) >= 11 is 7.97. The zero-order chi connectivity index (χ0) is 22.5. The lowest BCUT2D eigenvalue weighted by atomic mass is 10.1. The first-order chi connectivity index (χ1) is 15.3. The number of hydrogen-bond acceptors (Lipinski definition) is 6. The zero-order valence-electron chi connectivity index (χ0n) is 16.3. The molecule has 0 radical (unpaired) electrons. The van der Waals surface area contributed by atoms with Crippen LogP contribution in [0.5, 0.6) is 0 Å². The minimum atomic E-state index is -4.66. The fourth-order valence-electron chi connectivity index (χ4n) is 3.73. The van der Waals surface area contributed by atoms with Crippen LogP contribution in [0.4, 0.5) is 13.2 Å². The summed E-state index contributed by atoms with van der Waals surface area (Å²) in [7, 11) is 0. The van der Waals surface area contributed by atoms with Gasteiger partial charge in [0.2, 0.25) is 0 Å². The van der Waals surface area contributed by atoms with Gasteiger partial charge in [-0.15, -0.1) is 11.3 Å². The number of pyridine rings is 1. The van der Waals surface area contributed by atoms with E-state index in [-0.39, 0.29) is 22.1 Å². The lowest BCUT2D eigenvalue weighted by molar-refractivity contribution is -0.136. The van der Waals surface area contributed by atoms with Crippen molar-refractivity contribution in [3.05, 3.63) is 63.6 Å². The lowest BCUT2D eigenvalue weighted by Gasteiger charge is -2.29. The Hall–Kier alpha value is -2.73. The van der Waals surface area contributed by atoms with Gasteiger partial charge in [-0.2, -0.15) is 18.3 Å². The smallest absolute Gasteiger partial charge is 0.372 e. The molecule has 0 bridgehead atoms. The topological polar surface area (TPSA) is 82.3 Å². The normalized spacial score (nSPS) is 16.5. The van der Waals surface area contributed by atoms with Gasteiger partial charge >= 0.3 is 6.18 Å². The molecule has 4 aromatic rings. The molecule has 1 unspecified atom stereocenters. The van der Waals surface area contributed by atoms with E-state index in [1.54, 1.807) is 17.2 Å². The van der Waals surface area contributed by atoms with Crippen molar-refractivity contribution in [2.24, 2.45) is 0 Å². The number of alkyl halides is 3. The average Bonchev–Trinajstić information content (AvgIpc) is 3.54. The Morgan fingerprint density at radius 2 is 2.12 bits per heavy atom. The number of aliphatic hydroxyl groups excluding tert-OH is 1. The highest BCUT2D eigenvalue weighted by Gasteiger charge is 2.36. The van der Waals surface area contributed by atoms with Crippen LogP contribution >= 0.6 is 22.9 Å². The lowest BCUT2D eigenvalue weighted by Crippen LogP contribution is -2.33. The van der Waals surface area contributed by atoms with Gasteiger partial charge < -0.3 is 5.11 Å². The van der Waals surface area contributed by atoms with Crippen molar-refractivity contribution >= 4 is 34.2 Å². The van der Waals surface area contributed by atoms with Gasteiger partial charge in [0.15, 0.2) is 11.9 Å². The van der Waals surface area contributed by atoms with Crippen molar-refractivity contribution in [3.63, 3.8) is 0 Å². The molecule has 0 aromatic carbocycles. The Morgan fingerprint density at radius 3 is 2.75 bits per heavy atom. The standard InChI is InChI=1S/C20H16ClF3N6OS/c21-16-15(19(31)29-6-2-11(3-7-29)18-25-5-8-32-18)27-17-13(20(22,23)24)9-12(10-30(16)17)14-1-4-26-28-14/h1-2,4-5,8-10,19,31H,3,6-7H2,(H,26,28). The van der Waals surface area contributed by atoms with Gasteiger partial charge in [-0.1, -0.05) is 17.7 Å². The van der Waals surface area contributed by atoms with E-state index < -0.39 is 18.0 Å². The fraction of sp³-hybridized carbons (Fsp3) is 0.250. The van der Waals surface area contributed by atoms with Crippen LogP contribution in [0.3, 0.4) is 0 Å². The predicted octanol–water partition coefficient (Wildman–Crippen LogP) is 4.63. The molecule has 5 heterocycles. The molecule has 0 aliphatic carbocycles. The highest BCUT2D eigenvalue weighted by atomic mass is 35.5. The van der Waals surface area contributed by atoms with Crippen molar-refractivity contribution < 1.29 is 18.3 Å². The second-order valence-electron chi connectivity index (χ2n) is 7.28. The van der Waals surface area contributed by atoms with Crippen molar-refractivity contribution in [1.82, 2.24) is 29.5 Å². The molecule has 0 amide bonds. The Morgan fingerprint density at radius 1 is 1.28 bits per heavy atom. The molecule has 5 rings (SSSR count). The molecule has 1 atom stereocenters. The fourth-order valence-corrected chi connectivity index (χ4v) is 4.71. The number of thiazole rings is 1. The number of rotatable bonds is 4. The molecule has 0 fully saturated rings. The van der Waals surface area contributed by atoms with E-state index in [0.29, 0.717) is 25.2 Å². The molecular formula is C20H16ClF3N6OS. The number of halogens is 4. The highest BCUT2D eigenvalue weighted by Crippen LogP contribution is 2.38. The SMILES string of the molecule is OC(c1nc2c(C(F)(F)F)cc(-c3ccn[nH]3)cn2c1Cl)N1CC=C(c2nccs2)CC1. The van der Waals surface area contributed by atoms with Crippen molar-refractivity contribution in [2.75, 3.05) is 13.1 Å². The summed E-state index contributed by atoms with van der Waals surface area (Å²) in [5, 5.41) is 20.1. The van der Waals surface area contributed by atoms with Gasteiger partial charge in [-0.3, -0.25) is 14.4 Å². The zero-order valence-corrected chi connectivity index (χ0v) is 17.9. The van der Waals surface area contributed by atoms with Crippen molar-refractivity contribution in [3.8, 4) is 11.3 Å². The second-order valence-corrected chi connectivity index (χ2v) is 8.53. The van der Waals surface area contributed by atoms with Crippen molar-refractivity contribution in [1.29, 1.82) is 0 Å². The third-order valence-corrected chi connectivity index (χ3v) is 6.57. The van der Waals surface area contributed by atoms with Crippen LogP contribution < -0.4 is 0 Å². The van der Waals surface area contributed by atoms with Gasteiger partial charge in [0.1, 0.15) is 15.9 Å². The third-order valence-electron chi connectivity index (χ3n) is 5.34. The molecule has 7 nitrogen and oxygen atoms in total. The van der Waals surface area contributed by atoms with Gasteiger partial charge in [0.25, 0.3) is 0 Å². The largest absolute Gasteiger partial charge is 0.420 e. The van der Waals surface area contributed by atoms with E-state index in [1.807, 2.05) is 11.5 Å². The Labute approximate surface area is 188 Å². The molecule has 4 aromatic heterocycles. The van der Waals surface area contributed by atoms with Gasteiger partial charge in [-0.25, -0.2) is 9.97 Å². The van der Waals surface area contributed by atoms with Crippen LogP contribution in [0, 0.1) is 0 Å². The molecule has 0 saturated carbocycles. The molecule has 1 aliphatic heterocycles. The number of nitrogens with one attached hydrogen (secondary N) is 1. The minimum absolute atomic E-state index is 0.0231. The third kappa shape index (κ3) is 3.71. The maximum Gasteiger partial charge on any atom is 0.420 e. The number of H-pyrrole nitrogens is 1. The maximum atomic E-state index is 13.8. The number of aliphatic hydroxyl groups is 1. The van der Waals surface area contributed by atoms with Crippen LogP contribution in [0.15, 0.2) is 42.2 Å². The highest BCUT2D eigenvalue weighted by molar-refractivity contribution is 7.10. The summed E-state index contributed by atoms with van der Waals surface area (Å²) in [6.07, 6.45) is 1.30. The van der Waals surface area contributed by atoms with E-state index in [9.17, 15) is 18.3 Å². The monoisotopic (exact) mass is 480 g/mol. The molecule has 2 N–H and O–H groups in total. The summed E-state index contributed by atoms with van der Waals surface area (Å²) < 4.78 is 42.6. The van der Waals surface area contributed by atoms with Gasteiger partial charge in [0, 0.05) is 42.6 Å². The summed E-state index contributed by atoms with van der Waals surface area (Å²) in [6.45, 7) is 0.883. The maximum absolute atomic E-state index is 13.8. The molecule has 0 spiro atoms. The average molecular weight is 481 g/mol. The Kier molecular flexibility index (Phi) is 5.28. The Balaban J connectivity index is 1.53. The van der Waals surface area contributed by atoms with Crippen molar-refractivity contribution in [2.45, 2.75) is 18.8 Å². The molecule has 1 aliphatic rings. The quantitative estimate of drug-likeness (QED) is 0.445. The van der Waals surface area contributed by atoms with Gasteiger partial charge in [-0.05, 0) is 24.1 Å². The molecular weight excluding hydrogens is 465 g/mol. The number of hydrogen-bond donors (Lipinski definition) is 2. The molecule has 32 heavy (non-hydrogen) atoms. The second kappa shape index (κ2) is 8.00. The minimum Gasteiger partial charge on any atom is -0.372 e. The molecule has 0 saturated heterocycles. The number of fused-ring (bicyclic) bond motifs is 1. The van der Waals surface area contributed by atoms with E-state index in [4.69, 9.17) is 11.6 Å². The molecule has 166 valence electrons. The number of aromatic nitrogens is 5. The number of aromatic amines is 1. The van der Waals surface area contributed by atoms with Crippen LogP contribution in [0.2, 0.25) is 5.15 Å². The van der Waals surface area contributed by atoms with Crippen LogP contribution in [-0.2, 0) is 6.18 Å². The van der Waals surface area contributed by atoms with Crippen LogP contribution in [-0.4, -0.2) is 47.7 Å². The van der Waals surface area contributed by atoms with E-state index in [2.05, 4.69) is 20.2 Å². The predicted molar refractivity (Wildman–Crippen MR) is 114 cm³/mol. The van der Waals surface area contributed by atoms with E-state index >= 15 is 0 Å². The summed E-state index contributed by atoms with van der Waals surface area (Å²) in [5.74, 6) is 0. The van der Waals surface area contributed by atoms with E-state index in [0.717, 1.165) is 21.0 Å². The van der Waals surface area contributed by atoms with Crippen LogP contribution in [0.25, 0.3) is 22.5 Å². The summed E-state index contributed by atoms with van der Waals surface area (Å²) in [4.78, 5) is 10.1. The van der Waals surface area contributed by atoms with E-state index in [1.165, 1.54) is 23.7 Å². The first kappa shape index (κ1) is 21.1. The number of imidazole rings is 1. The summed E-state index contributed by atoms with van der Waals surface area (Å²) in [5.41, 5.74) is 0.389.